The van der Waals surface area contributed by atoms with Gasteiger partial charge in [0.1, 0.15) is 0 Å². The first-order chi connectivity index (χ1) is 9.65. The standard InChI is InChI=1S/C16H17N3O/c1-12-3-2-10-18-15(12)11-19-16(20)9-6-13-4-7-14(17)8-5-13/h2-10H,11,17H2,1H3,(H,19,20)/b9-6+. The van der Waals surface area contributed by atoms with Gasteiger partial charge >= 0.3 is 0 Å². The molecule has 0 aliphatic heterocycles. The van der Waals surface area contributed by atoms with Crippen molar-refractivity contribution in [2.75, 3.05) is 5.73 Å². The molecule has 2 rings (SSSR count). The maximum atomic E-state index is 11.7. The minimum absolute atomic E-state index is 0.146. The molecular formula is C16H17N3O. The van der Waals surface area contributed by atoms with Crippen LogP contribution in [0.4, 0.5) is 5.69 Å². The second kappa shape index (κ2) is 6.52. The van der Waals surface area contributed by atoms with E-state index >= 15 is 0 Å². The van der Waals surface area contributed by atoms with E-state index in [-0.39, 0.29) is 5.91 Å². The SMILES string of the molecule is Cc1cccnc1CNC(=O)/C=C/c1ccc(N)cc1. The normalized spacial score (nSPS) is 10.7. The van der Waals surface area contributed by atoms with Crippen molar-refractivity contribution in [1.29, 1.82) is 0 Å². The Morgan fingerprint density at radius 3 is 2.75 bits per heavy atom. The molecule has 1 heterocycles. The van der Waals surface area contributed by atoms with Crippen LogP contribution in [0.5, 0.6) is 0 Å². The Bertz CT molecular complexity index is 618. The van der Waals surface area contributed by atoms with Crippen molar-refractivity contribution < 1.29 is 4.79 Å². The summed E-state index contributed by atoms with van der Waals surface area (Å²) in [7, 11) is 0. The number of amides is 1. The van der Waals surface area contributed by atoms with E-state index < -0.39 is 0 Å². The van der Waals surface area contributed by atoms with Crippen LogP contribution in [0.2, 0.25) is 0 Å². The van der Waals surface area contributed by atoms with Crippen molar-refractivity contribution in [2.45, 2.75) is 13.5 Å². The lowest BCUT2D eigenvalue weighted by molar-refractivity contribution is -0.116. The number of nitrogens with two attached hydrogens (primary N) is 1. The molecule has 2 aromatic rings. The van der Waals surface area contributed by atoms with Gasteiger partial charge in [-0.3, -0.25) is 9.78 Å². The number of pyridine rings is 1. The zero-order chi connectivity index (χ0) is 14.4. The Hall–Kier alpha value is -2.62. The minimum atomic E-state index is -0.146. The van der Waals surface area contributed by atoms with Gasteiger partial charge in [-0.2, -0.15) is 0 Å². The van der Waals surface area contributed by atoms with Crippen LogP contribution in [-0.2, 0) is 11.3 Å². The van der Waals surface area contributed by atoms with Crippen molar-refractivity contribution >= 4 is 17.7 Å². The largest absolute Gasteiger partial charge is 0.399 e. The third-order valence-electron chi connectivity index (χ3n) is 2.91. The van der Waals surface area contributed by atoms with Crippen LogP contribution in [0, 0.1) is 6.92 Å². The molecular weight excluding hydrogens is 250 g/mol. The van der Waals surface area contributed by atoms with Gasteiger partial charge in [0.2, 0.25) is 5.91 Å². The molecule has 20 heavy (non-hydrogen) atoms. The van der Waals surface area contributed by atoms with Gasteiger partial charge in [0.25, 0.3) is 0 Å². The number of aromatic nitrogens is 1. The van der Waals surface area contributed by atoms with Gasteiger partial charge in [0.15, 0.2) is 0 Å². The quantitative estimate of drug-likeness (QED) is 0.659. The molecule has 102 valence electrons. The molecule has 0 saturated heterocycles. The first-order valence-corrected chi connectivity index (χ1v) is 6.37. The molecule has 0 fully saturated rings. The molecule has 4 heteroatoms. The number of rotatable bonds is 4. The van der Waals surface area contributed by atoms with Gasteiger partial charge in [0, 0.05) is 18.0 Å². The molecule has 1 aromatic heterocycles. The predicted octanol–water partition coefficient (Wildman–Crippen LogP) is 2.30. The van der Waals surface area contributed by atoms with Gasteiger partial charge in [-0.1, -0.05) is 18.2 Å². The van der Waals surface area contributed by atoms with Crippen LogP contribution >= 0.6 is 0 Å². The fourth-order valence-corrected chi connectivity index (χ4v) is 1.71. The van der Waals surface area contributed by atoms with E-state index in [2.05, 4.69) is 10.3 Å². The summed E-state index contributed by atoms with van der Waals surface area (Å²) in [5, 5.41) is 2.81. The molecule has 1 aromatic carbocycles. The van der Waals surface area contributed by atoms with Crippen molar-refractivity contribution in [2.24, 2.45) is 0 Å². The van der Waals surface area contributed by atoms with Gasteiger partial charge < -0.3 is 11.1 Å². The topological polar surface area (TPSA) is 68.0 Å². The van der Waals surface area contributed by atoms with E-state index in [1.807, 2.05) is 31.2 Å². The Morgan fingerprint density at radius 1 is 1.30 bits per heavy atom. The maximum Gasteiger partial charge on any atom is 0.244 e. The number of anilines is 1. The van der Waals surface area contributed by atoms with E-state index in [1.165, 1.54) is 6.08 Å². The average Bonchev–Trinajstić information content (AvgIpc) is 2.46. The number of hydrogen-bond acceptors (Lipinski definition) is 3. The zero-order valence-corrected chi connectivity index (χ0v) is 11.3. The molecule has 4 nitrogen and oxygen atoms in total. The number of nitrogens with zero attached hydrogens (tertiary/aromatic N) is 1. The molecule has 0 radical (unpaired) electrons. The Kier molecular flexibility index (Phi) is 4.50. The Morgan fingerprint density at radius 2 is 2.05 bits per heavy atom. The van der Waals surface area contributed by atoms with E-state index in [0.717, 1.165) is 16.8 Å². The third kappa shape index (κ3) is 3.95. The number of carbonyl (C=O) groups excluding carboxylic acids is 1. The highest BCUT2D eigenvalue weighted by atomic mass is 16.1. The van der Waals surface area contributed by atoms with Crippen LogP contribution in [0.25, 0.3) is 6.08 Å². The number of nitrogen functional groups attached to an aromatic ring is 1. The molecule has 0 spiro atoms. The summed E-state index contributed by atoms with van der Waals surface area (Å²) in [6, 6.07) is 11.2. The number of nitrogens with one attached hydrogen (secondary N) is 1. The van der Waals surface area contributed by atoms with Crippen LogP contribution in [0.15, 0.2) is 48.7 Å². The summed E-state index contributed by atoms with van der Waals surface area (Å²) in [4.78, 5) is 15.9. The second-order valence-electron chi connectivity index (χ2n) is 4.48. The highest BCUT2D eigenvalue weighted by molar-refractivity contribution is 5.91. The van der Waals surface area contributed by atoms with Crippen LogP contribution < -0.4 is 11.1 Å². The van der Waals surface area contributed by atoms with Gasteiger partial charge in [-0.15, -0.1) is 0 Å². The van der Waals surface area contributed by atoms with Gasteiger partial charge in [-0.05, 0) is 42.3 Å². The summed E-state index contributed by atoms with van der Waals surface area (Å²) < 4.78 is 0. The summed E-state index contributed by atoms with van der Waals surface area (Å²) in [5.41, 5.74) is 9.18. The third-order valence-corrected chi connectivity index (χ3v) is 2.91. The predicted molar refractivity (Wildman–Crippen MR) is 80.7 cm³/mol. The van der Waals surface area contributed by atoms with E-state index in [9.17, 15) is 4.79 Å². The summed E-state index contributed by atoms with van der Waals surface area (Å²) in [6.07, 6.45) is 4.97. The molecule has 0 atom stereocenters. The molecule has 0 aliphatic rings. The highest BCUT2D eigenvalue weighted by Crippen LogP contribution is 2.07. The van der Waals surface area contributed by atoms with Crippen LogP contribution in [0.3, 0.4) is 0 Å². The summed E-state index contributed by atoms with van der Waals surface area (Å²) in [6.45, 7) is 2.40. The highest BCUT2D eigenvalue weighted by Gasteiger charge is 2.00. The number of aryl methyl sites for hydroxylation is 1. The summed E-state index contributed by atoms with van der Waals surface area (Å²) in [5.74, 6) is -0.146. The van der Waals surface area contributed by atoms with E-state index in [4.69, 9.17) is 5.73 Å². The molecule has 0 aliphatic carbocycles. The van der Waals surface area contributed by atoms with Crippen molar-refractivity contribution in [3.05, 3.63) is 65.5 Å². The Balaban J connectivity index is 1.90. The smallest absolute Gasteiger partial charge is 0.244 e. The van der Waals surface area contributed by atoms with Crippen molar-refractivity contribution in [3.8, 4) is 0 Å². The first-order valence-electron chi connectivity index (χ1n) is 6.37. The maximum absolute atomic E-state index is 11.7. The lowest BCUT2D eigenvalue weighted by Crippen LogP contribution is -2.21. The molecule has 0 unspecified atom stereocenters. The number of carbonyl (C=O) groups is 1. The zero-order valence-electron chi connectivity index (χ0n) is 11.3. The van der Waals surface area contributed by atoms with Crippen molar-refractivity contribution in [1.82, 2.24) is 10.3 Å². The van der Waals surface area contributed by atoms with E-state index in [1.54, 1.807) is 24.4 Å². The molecule has 0 saturated carbocycles. The van der Waals surface area contributed by atoms with Crippen molar-refractivity contribution in [3.63, 3.8) is 0 Å². The fourth-order valence-electron chi connectivity index (χ4n) is 1.71. The van der Waals surface area contributed by atoms with Gasteiger partial charge in [0.05, 0.1) is 12.2 Å². The first kappa shape index (κ1) is 13.8. The monoisotopic (exact) mass is 267 g/mol. The minimum Gasteiger partial charge on any atom is -0.399 e. The second-order valence-corrected chi connectivity index (χ2v) is 4.48. The fraction of sp³-hybridized carbons (Fsp3) is 0.125. The van der Waals surface area contributed by atoms with E-state index in [0.29, 0.717) is 12.2 Å². The van der Waals surface area contributed by atoms with Gasteiger partial charge in [-0.25, -0.2) is 0 Å². The molecule has 0 bridgehead atoms. The van der Waals surface area contributed by atoms with Crippen LogP contribution in [-0.4, -0.2) is 10.9 Å². The Labute approximate surface area is 118 Å². The summed E-state index contributed by atoms with van der Waals surface area (Å²) >= 11 is 0. The number of benzene rings is 1. The lowest BCUT2D eigenvalue weighted by atomic mass is 10.2. The molecule has 1 amide bonds. The average molecular weight is 267 g/mol. The number of hydrogen-bond donors (Lipinski definition) is 2. The lowest BCUT2D eigenvalue weighted by Gasteiger charge is -2.04. The van der Waals surface area contributed by atoms with Crippen LogP contribution in [0.1, 0.15) is 16.8 Å². The molecule has 3 N–H and O–H groups in total.